The second-order valence-electron chi connectivity index (χ2n) is 7.36. The highest BCUT2D eigenvalue weighted by Crippen LogP contribution is 2.33. The van der Waals surface area contributed by atoms with E-state index in [9.17, 15) is 19.7 Å². The molecular formula is C23H23N3O4S2. The predicted molar refractivity (Wildman–Crippen MR) is 131 cm³/mol. The summed E-state index contributed by atoms with van der Waals surface area (Å²) in [5.41, 5.74) is 2.56. The van der Waals surface area contributed by atoms with Crippen molar-refractivity contribution in [3.8, 4) is 0 Å². The zero-order valence-electron chi connectivity index (χ0n) is 17.6. The SMILES string of the molecule is Cc1ccccc1NC(=O)CCCCCN1C(=O)/C(=C/c2ccc([N+](=O)[O-])cc2)SC1=S. The summed E-state index contributed by atoms with van der Waals surface area (Å²) in [5.74, 6) is -0.174. The fraction of sp³-hybridized carbons (Fsp3) is 0.261. The standard InChI is InChI=1S/C23H23N3O4S2/c1-16-7-4-5-8-19(16)24-21(27)9-3-2-6-14-25-22(28)20(32-23(25)31)15-17-10-12-18(13-11-17)26(29)30/h4-5,7-8,10-13,15H,2-3,6,9,14H2,1H3,(H,24,27)/b20-15-. The van der Waals surface area contributed by atoms with Gasteiger partial charge in [0.1, 0.15) is 4.32 Å². The van der Waals surface area contributed by atoms with Crippen LogP contribution >= 0.6 is 24.0 Å². The molecule has 32 heavy (non-hydrogen) atoms. The Morgan fingerprint density at radius 2 is 1.88 bits per heavy atom. The highest BCUT2D eigenvalue weighted by molar-refractivity contribution is 8.26. The number of para-hydroxylation sites is 1. The van der Waals surface area contributed by atoms with Crippen molar-refractivity contribution in [1.82, 2.24) is 4.90 Å². The molecule has 7 nitrogen and oxygen atoms in total. The van der Waals surface area contributed by atoms with Gasteiger partial charge in [0.2, 0.25) is 5.91 Å². The number of carbonyl (C=O) groups excluding carboxylic acids is 2. The van der Waals surface area contributed by atoms with Crippen LogP contribution in [0, 0.1) is 17.0 Å². The van der Waals surface area contributed by atoms with Gasteiger partial charge in [0, 0.05) is 30.8 Å². The van der Waals surface area contributed by atoms with Crippen LogP contribution in [0.15, 0.2) is 53.4 Å². The molecule has 2 aromatic carbocycles. The molecule has 2 aromatic rings. The Morgan fingerprint density at radius 3 is 2.56 bits per heavy atom. The molecule has 166 valence electrons. The van der Waals surface area contributed by atoms with Gasteiger partial charge in [0.15, 0.2) is 0 Å². The minimum Gasteiger partial charge on any atom is -0.326 e. The number of rotatable bonds is 9. The van der Waals surface area contributed by atoms with Gasteiger partial charge in [0.05, 0.1) is 9.83 Å². The quantitative estimate of drug-likeness (QED) is 0.176. The Morgan fingerprint density at radius 1 is 1.16 bits per heavy atom. The van der Waals surface area contributed by atoms with Crippen LogP contribution in [0.1, 0.15) is 36.8 Å². The van der Waals surface area contributed by atoms with Crippen LogP contribution in [-0.4, -0.2) is 32.5 Å². The van der Waals surface area contributed by atoms with Crippen molar-refractivity contribution in [3.63, 3.8) is 0 Å². The van der Waals surface area contributed by atoms with E-state index in [0.717, 1.165) is 30.5 Å². The van der Waals surface area contributed by atoms with Crippen molar-refractivity contribution < 1.29 is 14.5 Å². The van der Waals surface area contributed by atoms with Gasteiger partial charge >= 0.3 is 0 Å². The third kappa shape index (κ3) is 6.24. The molecule has 1 saturated heterocycles. The number of anilines is 1. The molecule has 0 radical (unpaired) electrons. The van der Waals surface area contributed by atoms with E-state index in [0.29, 0.717) is 27.8 Å². The molecule has 1 N–H and O–H groups in total. The number of carbonyl (C=O) groups is 2. The molecule has 2 amide bonds. The van der Waals surface area contributed by atoms with Crippen molar-refractivity contribution >= 4 is 57.6 Å². The molecule has 9 heteroatoms. The fourth-order valence-corrected chi connectivity index (χ4v) is 4.50. The fourth-order valence-electron chi connectivity index (χ4n) is 3.19. The van der Waals surface area contributed by atoms with Gasteiger partial charge in [-0.05, 0) is 55.2 Å². The lowest BCUT2D eigenvalue weighted by atomic mass is 10.1. The van der Waals surface area contributed by atoms with Crippen LogP contribution in [0.3, 0.4) is 0 Å². The molecule has 1 aliphatic rings. The average Bonchev–Trinajstić information content (AvgIpc) is 3.02. The van der Waals surface area contributed by atoms with E-state index in [4.69, 9.17) is 12.2 Å². The first-order chi connectivity index (χ1) is 15.3. The summed E-state index contributed by atoms with van der Waals surface area (Å²) in [6.07, 6.45) is 4.39. The second-order valence-corrected chi connectivity index (χ2v) is 9.03. The molecule has 0 aromatic heterocycles. The topological polar surface area (TPSA) is 92.6 Å². The van der Waals surface area contributed by atoms with Crippen molar-refractivity contribution in [2.24, 2.45) is 0 Å². The van der Waals surface area contributed by atoms with Gasteiger partial charge in [-0.3, -0.25) is 24.6 Å². The van der Waals surface area contributed by atoms with Crippen molar-refractivity contribution in [3.05, 3.63) is 74.7 Å². The van der Waals surface area contributed by atoms with Crippen molar-refractivity contribution in [2.75, 3.05) is 11.9 Å². The predicted octanol–water partition coefficient (Wildman–Crippen LogP) is 5.30. The Bertz CT molecular complexity index is 1070. The highest BCUT2D eigenvalue weighted by Gasteiger charge is 2.31. The van der Waals surface area contributed by atoms with Crippen LogP contribution in [0.4, 0.5) is 11.4 Å². The summed E-state index contributed by atoms with van der Waals surface area (Å²) >= 11 is 6.57. The van der Waals surface area contributed by atoms with E-state index in [1.54, 1.807) is 23.1 Å². The van der Waals surface area contributed by atoms with Crippen LogP contribution in [0.2, 0.25) is 0 Å². The molecule has 0 unspecified atom stereocenters. The molecule has 0 spiro atoms. The Labute approximate surface area is 196 Å². The van der Waals surface area contributed by atoms with Gasteiger partial charge in [0.25, 0.3) is 11.6 Å². The van der Waals surface area contributed by atoms with Gasteiger partial charge in [-0.1, -0.05) is 48.6 Å². The molecule has 0 saturated carbocycles. The summed E-state index contributed by atoms with van der Waals surface area (Å²) in [4.78, 5) is 37.2. The molecule has 0 atom stereocenters. The van der Waals surface area contributed by atoms with Crippen LogP contribution < -0.4 is 5.32 Å². The van der Waals surface area contributed by atoms with E-state index in [-0.39, 0.29) is 17.5 Å². The van der Waals surface area contributed by atoms with E-state index in [1.165, 1.54) is 23.9 Å². The van der Waals surface area contributed by atoms with Gasteiger partial charge in [-0.15, -0.1) is 0 Å². The largest absolute Gasteiger partial charge is 0.326 e. The Hall–Kier alpha value is -3.04. The van der Waals surface area contributed by atoms with Crippen LogP contribution in [0.25, 0.3) is 6.08 Å². The zero-order valence-corrected chi connectivity index (χ0v) is 19.2. The monoisotopic (exact) mass is 469 g/mol. The molecule has 1 fully saturated rings. The van der Waals surface area contributed by atoms with E-state index in [2.05, 4.69) is 5.32 Å². The smallest absolute Gasteiger partial charge is 0.269 e. The third-order valence-electron chi connectivity index (χ3n) is 4.98. The number of thiocarbonyl (C=S) groups is 1. The van der Waals surface area contributed by atoms with Gasteiger partial charge < -0.3 is 5.32 Å². The molecule has 1 heterocycles. The lowest BCUT2D eigenvalue weighted by Crippen LogP contribution is -2.29. The van der Waals surface area contributed by atoms with Gasteiger partial charge in [-0.2, -0.15) is 0 Å². The molecule has 1 aliphatic heterocycles. The number of nitro benzene ring substituents is 1. The molecule has 0 aliphatic carbocycles. The summed E-state index contributed by atoms with van der Waals surface area (Å²) in [5, 5.41) is 13.7. The van der Waals surface area contributed by atoms with Crippen LogP contribution in [-0.2, 0) is 9.59 Å². The number of hydrogen-bond donors (Lipinski definition) is 1. The number of non-ortho nitro benzene ring substituents is 1. The summed E-state index contributed by atoms with van der Waals surface area (Å²) in [6, 6.07) is 13.7. The lowest BCUT2D eigenvalue weighted by molar-refractivity contribution is -0.384. The second kappa shape index (κ2) is 11.0. The first-order valence-corrected chi connectivity index (χ1v) is 11.4. The average molecular weight is 470 g/mol. The maximum atomic E-state index is 12.7. The number of thioether (sulfide) groups is 1. The number of aryl methyl sites for hydroxylation is 1. The highest BCUT2D eigenvalue weighted by atomic mass is 32.2. The zero-order chi connectivity index (χ0) is 23.1. The molecule has 0 bridgehead atoms. The number of hydrogen-bond acceptors (Lipinski definition) is 6. The first kappa shape index (κ1) is 23.6. The van der Waals surface area contributed by atoms with Crippen molar-refractivity contribution in [2.45, 2.75) is 32.6 Å². The minimum atomic E-state index is -0.463. The summed E-state index contributed by atoms with van der Waals surface area (Å²) in [6.45, 7) is 2.45. The maximum Gasteiger partial charge on any atom is 0.269 e. The lowest BCUT2D eigenvalue weighted by Gasteiger charge is -2.14. The van der Waals surface area contributed by atoms with Crippen molar-refractivity contribution in [1.29, 1.82) is 0 Å². The van der Waals surface area contributed by atoms with Crippen LogP contribution in [0.5, 0.6) is 0 Å². The number of nitro groups is 1. The first-order valence-electron chi connectivity index (χ1n) is 10.2. The number of benzene rings is 2. The van der Waals surface area contributed by atoms with E-state index >= 15 is 0 Å². The van der Waals surface area contributed by atoms with E-state index < -0.39 is 4.92 Å². The maximum absolute atomic E-state index is 12.7. The number of amides is 2. The molecule has 3 rings (SSSR count). The number of nitrogens with zero attached hydrogens (tertiary/aromatic N) is 2. The molecular weight excluding hydrogens is 446 g/mol. The van der Waals surface area contributed by atoms with E-state index in [1.807, 2.05) is 31.2 Å². The van der Waals surface area contributed by atoms with Gasteiger partial charge in [-0.25, -0.2) is 0 Å². The number of nitrogens with one attached hydrogen (secondary N) is 1. The third-order valence-corrected chi connectivity index (χ3v) is 6.36. The number of unbranched alkanes of at least 4 members (excludes halogenated alkanes) is 2. The summed E-state index contributed by atoms with van der Waals surface area (Å²) < 4.78 is 0.500. The normalized spacial score (nSPS) is 14.8. The summed E-state index contributed by atoms with van der Waals surface area (Å²) in [7, 11) is 0. The minimum absolute atomic E-state index is 0.00211. The Balaban J connectivity index is 1.44. The Kier molecular flexibility index (Phi) is 8.13.